The Morgan fingerprint density at radius 2 is 2.27 bits per heavy atom. The summed E-state index contributed by atoms with van der Waals surface area (Å²) < 4.78 is 0. The predicted octanol–water partition coefficient (Wildman–Crippen LogP) is 2.19. The predicted molar refractivity (Wildman–Crippen MR) is 93.3 cm³/mol. The molecule has 0 radical (unpaired) electrons. The number of carbonyl (C=O) groups excluding carboxylic acids is 1. The summed E-state index contributed by atoms with van der Waals surface area (Å²) >= 11 is 1.70. The van der Waals surface area contributed by atoms with E-state index in [0.717, 1.165) is 26.1 Å². The zero-order valence-corrected chi connectivity index (χ0v) is 14.7. The Morgan fingerprint density at radius 3 is 2.95 bits per heavy atom. The van der Waals surface area contributed by atoms with Crippen LogP contribution >= 0.6 is 23.7 Å². The topological polar surface area (TPSA) is 49.6 Å². The second-order valence-electron chi connectivity index (χ2n) is 6.54. The molecule has 3 atom stereocenters. The van der Waals surface area contributed by atoms with Gasteiger partial charge in [0.05, 0.1) is 13.1 Å². The van der Waals surface area contributed by atoms with Gasteiger partial charge in [0.1, 0.15) is 0 Å². The Morgan fingerprint density at radius 1 is 1.45 bits per heavy atom. The van der Waals surface area contributed by atoms with E-state index in [-0.39, 0.29) is 18.3 Å². The molecule has 1 saturated heterocycles. The van der Waals surface area contributed by atoms with Crippen LogP contribution in [0.2, 0.25) is 0 Å². The van der Waals surface area contributed by atoms with E-state index in [9.17, 15) is 4.79 Å². The first-order chi connectivity index (χ1) is 10.1. The lowest BCUT2D eigenvalue weighted by Crippen LogP contribution is -2.39. The quantitative estimate of drug-likeness (QED) is 0.911. The molecule has 1 saturated carbocycles. The van der Waals surface area contributed by atoms with E-state index < -0.39 is 0 Å². The number of halogens is 1. The summed E-state index contributed by atoms with van der Waals surface area (Å²) in [6, 6.07) is 4.45. The summed E-state index contributed by atoms with van der Waals surface area (Å²) in [5.41, 5.74) is 6.24. The van der Waals surface area contributed by atoms with Gasteiger partial charge < -0.3 is 10.6 Å². The van der Waals surface area contributed by atoms with Crippen molar-refractivity contribution in [3.05, 3.63) is 22.4 Å². The molecule has 6 heteroatoms. The molecule has 1 aliphatic heterocycles. The fourth-order valence-corrected chi connectivity index (χ4v) is 4.53. The summed E-state index contributed by atoms with van der Waals surface area (Å²) in [6.45, 7) is 3.32. The molecule has 1 amide bonds. The highest BCUT2D eigenvalue weighted by Crippen LogP contribution is 2.35. The third-order valence-corrected chi connectivity index (χ3v) is 5.85. The number of amides is 1. The van der Waals surface area contributed by atoms with Gasteiger partial charge >= 0.3 is 0 Å². The lowest BCUT2D eigenvalue weighted by Gasteiger charge is -2.29. The molecule has 3 rings (SSSR count). The average molecular weight is 344 g/mol. The smallest absolute Gasteiger partial charge is 0.236 e. The summed E-state index contributed by atoms with van der Waals surface area (Å²) in [5, 5.41) is 2.06. The van der Waals surface area contributed by atoms with E-state index in [1.807, 2.05) is 18.0 Å². The first kappa shape index (κ1) is 17.7. The van der Waals surface area contributed by atoms with Gasteiger partial charge in [-0.15, -0.1) is 23.7 Å². The van der Waals surface area contributed by atoms with Gasteiger partial charge in [0.2, 0.25) is 5.91 Å². The minimum Gasteiger partial charge on any atom is -0.340 e. The minimum absolute atomic E-state index is 0. The molecule has 0 spiro atoms. The van der Waals surface area contributed by atoms with Crippen LogP contribution in [0, 0.1) is 11.8 Å². The largest absolute Gasteiger partial charge is 0.340 e. The van der Waals surface area contributed by atoms with Gasteiger partial charge in [-0.05, 0) is 36.1 Å². The molecule has 22 heavy (non-hydrogen) atoms. The van der Waals surface area contributed by atoms with Crippen molar-refractivity contribution in [2.75, 3.05) is 26.7 Å². The fourth-order valence-electron chi connectivity index (χ4n) is 3.77. The van der Waals surface area contributed by atoms with E-state index >= 15 is 0 Å². The summed E-state index contributed by atoms with van der Waals surface area (Å²) in [7, 11) is 1.90. The van der Waals surface area contributed by atoms with E-state index in [2.05, 4.69) is 16.3 Å². The van der Waals surface area contributed by atoms with Crippen molar-refractivity contribution >= 4 is 29.7 Å². The molecule has 1 aromatic heterocycles. The van der Waals surface area contributed by atoms with Crippen molar-refractivity contribution in [1.82, 2.24) is 9.80 Å². The molecule has 2 heterocycles. The third kappa shape index (κ3) is 4.02. The van der Waals surface area contributed by atoms with E-state index in [0.29, 0.717) is 24.4 Å². The second kappa shape index (κ2) is 7.77. The lowest BCUT2D eigenvalue weighted by atomic mass is 9.78. The minimum atomic E-state index is 0. The van der Waals surface area contributed by atoms with Gasteiger partial charge in [0.15, 0.2) is 0 Å². The van der Waals surface area contributed by atoms with E-state index in [1.54, 1.807) is 11.3 Å². The molecule has 0 aromatic carbocycles. The molecule has 3 unspecified atom stereocenters. The molecular formula is C16H26ClN3OS. The van der Waals surface area contributed by atoms with Crippen molar-refractivity contribution in [2.24, 2.45) is 17.6 Å². The van der Waals surface area contributed by atoms with E-state index in [1.165, 1.54) is 17.7 Å². The first-order valence-corrected chi connectivity index (χ1v) is 8.75. The van der Waals surface area contributed by atoms with Gasteiger partial charge in [-0.25, -0.2) is 0 Å². The van der Waals surface area contributed by atoms with Gasteiger partial charge in [0, 0.05) is 31.1 Å². The Hall–Kier alpha value is -0.620. The number of nitrogens with two attached hydrogens (primary N) is 1. The normalized spacial score (nSPS) is 28.0. The number of rotatable bonds is 4. The van der Waals surface area contributed by atoms with Crippen molar-refractivity contribution in [3.8, 4) is 0 Å². The second-order valence-corrected chi connectivity index (χ2v) is 7.57. The molecular weight excluding hydrogens is 318 g/mol. The highest BCUT2D eigenvalue weighted by Gasteiger charge is 2.39. The zero-order chi connectivity index (χ0) is 14.8. The fraction of sp³-hybridized carbons (Fsp3) is 0.688. The molecule has 2 fully saturated rings. The molecule has 0 bridgehead atoms. The van der Waals surface area contributed by atoms with Crippen molar-refractivity contribution in [3.63, 3.8) is 0 Å². The maximum Gasteiger partial charge on any atom is 0.236 e. The first-order valence-electron chi connectivity index (χ1n) is 7.88. The Kier molecular flexibility index (Phi) is 6.26. The molecule has 124 valence electrons. The Bertz CT molecular complexity index is 482. The summed E-state index contributed by atoms with van der Waals surface area (Å²) in [4.78, 5) is 17.8. The monoisotopic (exact) mass is 343 g/mol. The number of likely N-dealkylation sites (N-methyl/N-ethyl adjacent to an activating group) is 1. The Balaban J connectivity index is 0.00000176. The van der Waals surface area contributed by atoms with Crippen molar-refractivity contribution in [1.29, 1.82) is 0 Å². The number of carbonyl (C=O) groups is 1. The van der Waals surface area contributed by atoms with Crippen LogP contribution in [0.25, 0.3) is 0 Å². The maximum absolute atomic E-state index is 12.4. The maximum atomic E-state index is 12.4. The molecule has 2 aliphatic rings. The number of hydrogen-bond donors (Lipinski definition) is 1. The number of likely N-dealkylation sites (tertiary alicyclic amines) is 1. The SMILES string of the molecule is CN(Cc1cccs1)C(=O)CN1CC2CCCC(N)C2C1.Cl. The van der Waals surface area contributed by atoms with Crippen LogP contribution in [-0.4, -0.2) is 48.4 Å². The number of thiophene rings is 1. The molecule has 2 N–H and O–H groups in total. The van der Waals surface area contributed by atoms with Crippen molar-refractivity contribution < 1.29 is 4.79 Å². The number of fused-ring (bicyclic) bond motifs is 1. The van der Waals surface area contributed by atoms with Crippen LogP contribution in [0.5, 0.6) is 0 Å². The van der Waals surface area contributed by atoms with Crippen LogP contribution in [0.15, 0.2) is 17.5 Å². The van der Waals surface area contributed by atoms with Gasteiger partial charge in [-0.1, -0.05) is 12.5 Å². The van der Waals surface area contributed by atoms with Gasteiger partial charge in [-0.3, -0.25) is 9.69 Å². The lowest BCUT2D eigenvalue weighted by molar-refractivity contribution is -0.131. The van der Waals surface area contributed by atoms with Crippen LogP contribution in [0.3, 0.4) is 0 Å². The highest BCUT2D eigenvalue weighted by molar-refractivity contribution is 7.09. The van der Waals surface area contributed by atoms with Crippen LogP contribution in [0.4, 0.5) is 0 Å². The summed E-state index contributed by atoms with van der Waals surface area (Å²) in [6.07, 6.45) is 3.69. The highest BCUT2D eigenvalue weighted by atomic mass is 35.5. The van der Waals surface area contributed by atoms with Crippen molar-refractivity contribution in [2.45, 2.75) is 31.8 Å². The molecule has 1 aliphatic carbocycles. The Labute approximate surface area is 143 Å². The number of nitrogens with zero attached hydrogens (tertiary/aromatic N) is 2. The van der Waals surface area contributed by atoms with Crippen LogP contribution in [0.1, 0.15) is 24.1 Å². The average Bonchev–Trinajstić information content (AvgIpc) is 3.08. The van der Waals surface area contributed by atoms with Crippen LogP contribution < -0.4 is 5.73 Å². The van der Waals surface area contributed by atoms with Gasteiger partial charge in [-0.2, -0.15) is 0 Å². The number of hydrogen-bond acceptors (Lipinski definition) is 4. The summed E-state index contributed by atoms with van der Waals surface area (Å²) in [5.74, 6) is 1.54. The third-order valence-electron chi connectivity index (χ3n) is 4.99. The van der Waals surface area contributed by atoms with E-state index in [4.69, 9.17) is 5.73 Å². The van der Waals surface area contributed by atoms with Crippen LogP contribution in [-0.2, 0) is 11.3 Å². The standard InChI is InChI=1S/C16H25N3OS.ClH/c1-18(9-13-5-3-7-21-13)16(20)11-19-8-12-4-2-6-15(17)14(12)10-19;/h3,5,7,12,14-15H,2,4,6,8-11,17H2,1H3;1H. The van der Waals surface area contributed by atoms with Gasteiger partial charge in [0.25, 0.3) is 0 Å². The molecule has 4 nitrogen and oxygen atoms in total. The molecule has 1 aromatic rings. The zero-order valence-electron chi connectivity index (χ0n) is 13.1.